The van der Waals surface area contributed by atoms with Crippen LogP contribution in [0.4, 0.5) is 0 Å². The number of nitrogens with one attached hydrogen (secondary N) is 1. The van der Waals surface area contributed by atoms with Crippen LogP contribution in [0.25, 0.3) is 11.0 Å². The lowest BCUT2D eigenvalue weighted by atomic mass is 10.1. The molecule has 148 valence electrons. The molecule has 1 atom stereocenters. The smallest absolute Gasteiger partial charge is 0.287 e. The topological polar surface area (TPSA) is 62.6 Å². The van der Waals surface area contributed by atoms with Crippen LogP contribution in [0.3, 0.4) is 0 Å². The maximum atomic E-state index is 12.6. The number of carbonyl (C=O) groups is 1. The highest BCUT2D eigenvalue weighted by Crippen LogP contribution is 2.21. The molecule has 0 saturated heterocycles. The first-order valence-electron chi connectivity index (χ1n) is 8.92. The third kappa shape index (κ3) is 4.43. The van der Waals surface area contributed by atoms with Gasteiger partial charge in [-0.1, -0.05) is 36.4 Å². The fourth-order valence-electron chi connectivity index (χ4n) is 3.11. The molecule has 1 N–H and O–H groups in total. The van der Waals surface area contributed by atoms with Crippen molar-refractivity contribution in [2.24, 2.45) is 0 Å². The number of aryl methyl sites for hydroxylation is 2. The summed E-state index contributed by atoms with van der Waals surface area (Å²) in [4.78, 5) is 27.1. The van der Waals surface area contributed by atoms with Crippen LogP contribution in [0.1, 0.15) is 33.3 Å². The van der Waals surface area contributed by atoms with Crippen LogP contribution in [-0.4, -0.2) is 31.4 Å². The zero-order chi connectivity index (χ0) is 19.6. The first kappa shape index (κ1) is 21.7. The number of rotatable bonds is 5. The van der Waals surface area contributed by atoms with Crippen molar-refractivity contribution in [3.8, 4) is 0 Å². The Hall–Kier alpha value is -2.63. The molecule has 28 heavy (non-hydrogen) atoms. The highest BCUT2D eigenvalue weighted by Gasteiger charge is 2.18. The second kappa shape index (κ2) is 9.04. The number of halogens is 1. The molecule has 0 aliphatic rings. The Morgan fingerprint density at radius 2 is 1.79 bits per heavy atom. The Balaban J connectivity index is 0.00000280. The minimum Gasteiger partial charge on any atom is -0.450 e. The second-order valence-corrected chi connectivity index (χ2v) is 6.96. The lowest BCUT2D eigenvalue weighted by Gasteiger charge is -2.25. The molecular weight excluding hydrogens is 376 g/mol. The predicted molar refractivity (Wildman–Crippen MR) is 114 cm³/mol. The van der Waals surface area contributed by atoms with E-state index in [9.17, 15) is 9.59 Å². The van der Waals surface area contributed by atoms with Gasteiger partial charge >= 0.3 is 0 Å². The van der Waals surface area contributed by atoms with Crippen LogP contribution in [0.5, 0.6) is 0 Å². The van der Waals surface area contributed by atoms with Gasteiger partial charge in [-0.3, -0.25) is 9.59 Å². The number of benzene rings is 2. The summed E-state index contributed by atoms with van der Waals surface area (Å²) < 4.78 is 5.79. The minimum atomic E-state index is -0.391. The summed E-state index contributed by atoms with van der Waals surface area (Å²) in [6.45, 7) is 4.24. The first-order chi connectivity index (χ1) is 12.9. The summed E-state index contributed by atoms with van der Waals surface area (Å²) in [6, 6.07) is 14.9. The molecule has 5 nitrogen and oxygen atoms in total. The molecule has 0 fully saturated rings. The van der Waals surface area contributed by atoms with E-state index in [0.717, 1.165) is 16.7 Å². The maximum absolute atomic E-state index is 12.6. The van der Waals surface area contributed by atoms with E-state index in [1.807, 2.05) is 69.2 Å². The molecule has 3 rings (SSSR count). The summed E-state index contributed by atoms with van der Waals surface area (Å²) in [7, 11) is 3.93. The van der Waals surface area contributed by atoms with Gasteiger partial charge in [0, 0.05) is 12.6 Å². The lowest BCUT2D eigenvalue weighted by molar-refractivity contribution is 0.0914. The average Bonchev–Trinajstić information content (AvgIpc) is 2.65. The second-order valence-electron chi connectivity index (χ2n) is 6.96. The van der Waals surface area contributed by atoms with Crippen LogP contribution < -0.4 is 10.7 Å². The molecule has 1 heterocycles. The molecule has 1 amide bonds. The summed E-state index contributed by atoms with van der Waals surface area (Å²) in [5.41, 5.74) is 3.25. The lowest BCUT2D eigenvalue weighted by Crippen LogP contribution is -2.34. The van der Waals surface area contributed by atoms with Gasteiger partial charge in [-0.2, -0.15) is 0 Å². The molecule has 1 aromatic heterocycles. The average molecular weight is 401 g/mol. The third-order valence-corrected chi connectivity index (χ3v) is 4.90. The number of hydrogen-bond donors (Lipinski definition) is 1. The van der Waals surface area contributed by atoms with E-state index < -0.39 is 5.91 Å². The van der Waals surface area contributed by atoms with Crippen molar-refractivity contribution in [2.75, 3.05) is 20.6 Å². The van der Waals surface area contributed by atoms with Crippen LogP contribution in [0, 0.1) is 13.8 Å². The summed E-state index contributed by atoms with van der Waals surface area (Å²) in [6.07, 6.45) is 0. The normalized spacial score (nSPS) is 11.9. The standard InChI is InChI=1S/C22H24N2O3.ClH/c1-14-10-11-17-19(25)12-20(27-21(17)15(14)2)22(26)23-13-18(24(3)4)16-8-6-5-7-9-16;/h5-12,18H,13H2,1-4H3,(H,23,26);1H. The Labute approximate surface area is 170 Å². The van der Waals surface area contributed by atoms with Gasteiger partial charge in [-0.15, -0.1) is 12.4 Å². The maximum Gasteiger partial charge on any atom is 0.287 e. The van der Waals surface area contributed by atoms with Gasteiger partial charge in [-0.05, 0) is 50.7 Å². The fraction of sp³-hybridized carbons (Fsp3) is 0.273. The van der Waals surface area contributed by atoms with Crippen molar-refractivity contribution in [1.29, 1.82) is 0 Å². The first-order valence-corrected chi connectivity index (χ1v) is 8.92. The van der Waals surface area contributed by atoms with E-state index in [1.165, 1.54) is 6.07 Å². The summed E-state index contributed by atoms with van der Waals surface area (Å²) in [5, 5.41) is 3.38. The Bertz CT molecular complexity index is 1030. The molecule has 0 bridgehead atoms. The van der Waals surface area contributed by atoms with E-state index >= 15 is 0 Å². The minimum absolute atomic E-state index is 0. The van der Waals surface area contributed by atoms with Crippen LogP contribution >= 0.6 is 12.4 Å². The fourth-order valence-corrected chi connectivity index (χ4v) is 3.11. The van der Waals surface area contributed by atoms with E-state index in [0.29, 0.717) is 17.5 Å². The highest BCUT2D eigenvalue weighted by molar-refractivity contribution is 5.93. The molecular formula is C22H25ClN2O3. The SMILES string of the molecule is Cc1ccc2c(=O)cc(C(=O)NCC(c3ccccc3)N(C)C)oc2c1C.Cl. The predicted octanol–water partition coefficient (Wildman–Crippen LogP) is 3.86. The van der Waals surface area contributed by atoms with E-state index in [-0.39, 0.29) is 29.6 Å². The van der Waals surface area contributed by atoms with Gasteiger partial charge in [0.1, 0.15) is 5.58 Å². The zero-order valence-electron chi connectivity index (χ0n) is 16.5. The number of hydrogen-bond acceptors (Lipinski definition) is 4. The Morgan fingerprint density at radius 3 is 2.43 bits per heavy atom. The largest absolute Gasteiger partial charge is 0.450 e. The number of amides is 1. The highest BCUT2D eigenvalue weighted by atomic mass is 35.5. The molecule has 0 spiro atoms. The van der Waals surface area contributed by atoms with Crippen LogP contribution in [0.15, 0.2) is 57.7 Å². The van der Waals surface area contributed by atoms with Crippen LogP contribution in [-0.2, 0) is 0 Å². The molecule has 1 unspecified atom stereocenters. The molecule has 0 aliphatic carbocycles. The molecule has 6 heteroatoms. The van der Waals surface area contributed by atoms with Gasteiger partial charge < -0.3 is 14.6 Å². The van der Waals surface area contributed by atoms with E-state index in [2.05, 4.69) is 5.32 Å². The molecule has 3 aromatic rings. The van der Waals surface area contributed by atoms with Crippen molar-refractivity contribution in [3.05, 3.63) is 81.2 Å². The van der Waals surface area contributed by atoms with Crippen molar-refractivity contribution >= 4 is 29.3 Å². The van der Waals surface area contributed by atoms with Gasteiger partial charge in [0.05, 0.1) is 11.4 Å². The quantitative estimate of drug-likeness (QED) is 0.706. The van der Waals surface area contributed by atoms with Crippen LogP contribution in [0.2, 0.25) is 0 Å². The van der Waals surface area contributed by atoms with Crippen molar-refractivity contribution < 1.29 is 9.21 Å². The van der Waals surface area contributed by atoms with E-state index in [4.69, 9.17) is 4.42 Å². The summed E-state index contributed by atoms with van der Waals surface area (Å²) >= 11 is 0. The molecule has 0 aliphatic heterocycles. The van der Waals surface area contributed by atoms with Gasteiger partial charge in [-0.25, -0.2) is 0 Å². The summed E-state index contributed by atoms with van der Waals surface area (Å²) in [5.74, 6) is -0.357. The van der Waals surface area contributed by atoms with Gasteiger partial charge in [0.2, 0.25) is 0 Å². The number of carbonyl (C=O) groups excluding carboxylic acids is 1. The van der Waals surface area contributed by atoms with Gasteiger partial charge in [0.25, 0.3) is 5.91 Å². The molecule has 0 radical (unpaired) electrons. The van der Waals surface area contributed by atoms with Crippen molar-refractivity contribution in [1.82, 2.24) is 10.2 Å². The van der Waals surface area contributed by atoms with E-state index in [1.54, 1.807) is 6.07 Å². The molecule has 0 saturated carbocycles. The van der Waals surface area contributed by atoms with Crippen molar-refractivity contribution in [2.45, 2.75) is 19.9 Å². The zero-order valence-corrected chi connectivity index (χ0v) is 17.3. The van der Waals surface area contributed by atoms with Gasteiger partial charge in [0.15, 0.2) is 11.2 Å². The number of nitrogens with zero attached hydrogens (tertiary/aromatic N) is 1. The number of likely N-dealkylation sites (N-methyl/N-ethyl adjacent to an activating group) is 1. The third-order valence-electron chi connectivity index (χ3n) is 4.90. The molecule has 2 aromatic carbocycles. The monoisotopic (exact) mass is 400 g/mol. The van der Waals surface area contributed by atoms with Crippen molar-refractivity contribution in [3.63, 3.8) is 0 Å². The number of fused-ring (bicyclic) bond motifs is 1. The Morgan fingerprint density at radius 1 is 1.11 bits per heavy atom. The Kier molecular flexibility index (Phi) is 7.00.